The van der Waals surface area contributed by atoms with E-state index < -0.39 is 5.82 Å². The highest BCUT2D eigenvalue weighted by Gasteiger charge is 2.14. The van der Waals surface area contributed by atoms with E-state index in [-0.39, 0.29) is 5.02 Å². The van der Waals surface area contributed by atoms with Gasteiger partial charge in [0, 0.05) is 10.9 Å². The van der Waals surface area contributed by atoms with Crippen molar-refractivity contribution in [3.8, 4) is 11.3 Å². The number of hydrogen-bond acceptors (Lipinski definition) is 3. The molecular formula is C9H5Cl2FN2S. The van der Waals surface area contributed by atoms with Gasteiger partial charge in [-0.1, -0.05) is 23.2 Å². The third kappa shape index (κ3) is 1.93. The minimum atomic E-state index is -0.525. The second-order valence-electron chi connectivity index (χ2n) is 2.79. The topological polar surface area (TPSA) is 38.9 Å². The number of benzene rings is 1. The van der Waals surface area contributed by atoms with Crippen molar-refractivity contribution in [1.82, 2.24) is 4.98 Å². The average molecular weight is 263 g/mol. The summed E-state index contributed by atoms with van der Waals surface area (Å²) in [7, 11) is 0. The van der Waals surface area contributed by atoms with Crippen molar-refractivity contribution in [1.29, 1.82) is 0 Å². The third-order valence-corrected chi connectivity index (χ3v) is 3.18. The Hall–Kier alpha value is -0.840. The number of hydrogen-bond donors (Lipinski definition) is 1. The molecule has 6 heteroatoms. The number of nitrogens with two attached hydrogens (primary N) is 1. The average Bonchev–Trinajstić information content (AvgIpc) is 2.59. The maximum atomic E-state index is 13.2. The summed E-state index contributed by atoms with van der Waals surface area (Å²) < 4.78 is 13.2. The predicted octanol–water partition coefficient (Wildman–Crippen LogP) is 3.84. The zero-order chi connectivity index (χ0) is 11.0. The maximum absolute atomic E-state index is 13.2. The highest BCUT2D eigenvalue weighted by atomic mass is 35.5. The summed E-state index contributed by atoms with van der Waals surface area (Å²) in [5.74, 6) is -0.525. The quantitative estimate of drug-likeness (QED) is 0.794. The van der Waals surface area contributed by atoms with Gasteiger partial charge in [-0.2, -0.15) is 0 Å². The van der Waals surface area contributed by atoms with Crippen LogP contribution < -0.4 is 5.73 Å². The van der Waals surface area contributed by atoms with E-state index in [4.69, 9.17) is 28.9 Å². The van der Waals surface area contributed by atoms with Gasteiger partial charge in [-0.3, -0.25) is 0 Å². The van der Waals surface area contributed by atoms with Crippen LogP contribution in [0.4, 0.5) is 9.52 Å². The van der Waals surface area contributed by atoms with Crippen molar-refractivity contribution in [2.75, 3.05) is 5.73 Å². The molecule has 0 saturated heterocycles. The fourth-order valence-electron chi connectivity index (χ4n) is 1.16. The first-order valence-electron chi connectivity index (χ1n) is 3.94. The Morgan fingerprint density at radius 3 is 2.67 bits per heavy atom. The molecule has 1 aromatic carbocycles. The summed E-state index contributed by atoms with van der Waals surface area (Å²) in [4.78, 5) is 4.00. The fourth-order valence-corrected chi connectivity index (χ4v) is 2.28. The summed E-state index contributed by atoms with van der Waals surface area (Å²) >= 11 is 13.0. The maximum Gasteiger partial charge on any atom is 0.180 e. The summed E-state index contributed by atoms with van der Waals surface area (Å²) in [5.41, 5.74) is 6.36. The molecule has 15 heavy (non-hydrogen) atoms. The smallest absolute Gasteiger partial charge is 0.180 e. The highest BCUT2D eigenvalue weighted by molar-refractivity contribution is 7.13. The Balaban J connectivity index is 2.66. The molecule has 1 aromatic heterocycles. The SMILES string of the molecule is Nc1nc(-c2c(Cl)ccc(F)c2Cl)cs1. The van der Waals surface area contributed by atoms with Crippen LogP contribution in [0.5, 0.6) is 0 Å². The van der Waals surface area contributed by atoms with Gasteiger partial charge in [0.1, 0.15) is 5.82 Å². The number of aromatic nitrogens is 1. The molecule has 1 heterocycles. The lowest BCUT2D eigenvalue weighted by molar-refractivity contribution is 0.628. The van der Waals surface area contributed by atoms with Gasteiger partial charge in [0.2, 0.25) is 0 Å². The molecule has 2 nitrogen and oxygen atoms in total. The molecule has 0 fully saturated rings. The van der Waals surface area contributed by atoms with Crippen LogP contribution in [-0.4, -0.2) is 4.98 Å². The molecule has 0 bridgehead atoms. The number of nitrogens with zero attached hydrogens (tertiary/aromatic N) is 1. The summed E-state index contributed by atoms with van der Waals surface area (Å²) in [6.07, 6.45) is 0. The summed E-state index contributed by atoms with van der Waals surface area (Å²) in [6, 6.07) is 2.65. The second-order valence-corrected chi connectivity index (χ2v) is 4.46. The Kier molecular flexibility index (Phi) is 2.82. The molecular weight excluding hydrogens is 258 g/mol. The first kappa shape index (κ1) is 10.7. The zero-order valence-corrected chi connectivity index (χ0v) is 9.63. The van der Waals surface area contributed by atoms with Crippen LogP contribution in [0.15, 0.2) is 17.5 Å². The van der Waals surface area contributed by atoms with E-state index in [0.717, 1.165) is 0 Å². The van der Waals surface area contributed by atoms with E-state index in [1.807, 2.05) is 0 Å². The molecule has 0 amide bonds. The lowest BCUT2D eigenvalue weighted by Gasteiger charge is -2.04. The summed E-state index contributed by atoms with van der Waals surface area (Å²) in [5, 5.41) is 2.39. The van der Waals surface area contributed by atoms with Crippen molar-refractivity contribution in [2.24, 2.45) is 0 Å². The van der Waals surface area contributed by atoms with Crippen LogP contribution in [-0.2, 0) is 0 Å². The Morgan fingerprint density at radius 2 is 2.07 bits per heavy atom. The van der Waals surface area contributed by atoms with Crippen molar-refractivity contribution < 1.29 is 4.39 Å². The first-order chi connectivity index (χ1) is 7.09. The molecule has 0 spiro atoms. The number of rotatable bonds is 1. The number of thiazole rings is 1. The van der Waals surface area contributed by atoms with Gasteiger partial charge in [0.05, 0.1) is 15.7 Å². The van der Waals surface area contributed by atoms with Gasteiger partial charge in [-0.15, -0.1) is 11.3 Å². The molecule has 0 aliphatic heterocycles. The second kappa shape index (κ2) is 3.96. The number of halogens is 3. The molecule has 0 unspecified atom stereocenters. The van der Waals surface area contributed by atoms with E-state index in [1.165, 1.54) is 23.5 Å². The van der Waals surface area contributed by atoms with Crippen molar-refractivity contribution in [3.05, 3.63) is 33.4 Å². The van der Waals surface area contributed by atoms with Crippen LogP contribution >= 0.6 is 34.5 Å². The lowest BCUT2D eigenvalue weighted by atomic mass is 10.1. The molecule has 2 N–H and O–H groups in total. The lowest BCUT2D eigenvalue weighted by Crippen LogP contribution is -1.87. The van der Waals surface area contributed by atoms with Crippen LogP contribution in [0.3, 0.4) is 0 Å². The van der Waals surface area contributed by atoms with E-state index in [0.29, 0.717) is 21.4 Å². The van der Waals surface area contributed by atoms with Crippen LogP contribution in [0.1, 0.15) is 0 Å². The molecule has 0 atom stereocenters. The van der Waals surface area contributed by atoms with Crippen molar-refractivity contribution in [2.45, 2.75) is 0 Å². The first-order valence-corrected chi connectivity index (χ1v) is 5.58. The molecule has 0 saturated carbocycles. The normalized spacial score (nSPS) is 10.6. The third-order valence-electron chi connectivity index (χ3n) is 1.82. The standard InChI is InChI=1S/C9H5Cl2FN2S/c10-4-1-2-5(12)8(11)7(4)6-3-15-9(13)14-6/h1-3H,(H2,13,14). The molecule has 2 rings (SSSR count). The summed E-state index contributed by atoms with van der Waals surface area (Å²) in [6.45, 7) is 0. The van der Waals surface area contributed by atoms with Gasteiger partial charge in [-0.25, -0.2) is 9.37 Å². The Labute approximate surface area is 99.5 Å². The minimum Gasteiger partial charge on any atom is -0.375 e. The molecule has 0 radical (unpaired) electrons. The van der Waals surface area contributed by atoms with Gasteiger partial charge in [0.15, 0.2) is 5.13 Å². The molecule has 2 aromatic rings. The van der Waals surface area contributed by atoms with Crippen molar-refractivity contribution >= 4 is 39.7 Å². The van der Waals surface area contributed by atoms with Crippen LogP contribution in [0.25, 0.3) is 11.3 Å². The van der Waals surface area contributed by atoms with Crippen molar-refractivity contribution in [3.63, 3.8) is 0 Å². The number of anilines is 1. The van der Waals surface area contributed by atoms with Gasteiger partial charge < -0.3 is 5.73 Å². The molecule has 0 aliphatic carbocycles. The molecule has 0 aliphatic rings. The highest BCUT2D eigenvalue weighted by Crippen LogP contribution is 2.36. The Bertz CT molecular complexity index is 513. The number of nitrogen functional groups attached to an aromatic ring is 1. The minimum absolute atomic E-state index is 0.0344. The molecule has 78 valence electrons. The predicted molar refractivity (Wildman–Crippen MR) is 61.9 cm³/mol. The van der Waals surface area contributed by atoms with E-state index in [9.17, 15) is 4.39 Å². The monoisotopic (exact) mass is 262 g/mol. The Morgan fingerprint density at radius 1 is 1.33 bits per heavy atom. The van der Waals surface area contributed by atoms with E-state index in [2.05, 4.69) is 4.98 Å². The van der Waals surface area contributed by atoms with Crippen LogP contribution in [0, 0.1) is 5.82 Å². The fraction of sp³-hybridized carbons (Fsp3) is 0. The largest absolute Gasteiger partial charge is 0.375 e. The van der Waals surface area contributed by atoms with Gasteiger partial charge >= 0.3 is 0 Å². The van der Waals surface area contributed by atoms with E-state index >= 15 is 0 Å². The van der Waals surface area contributed by atoms with Gasteiger partial charge in [0.25, 0.3) is 0 Å². The van der Waals surface area contributed by atoms with Gasteiger partial charge in [-0.05, 0) is 12.1 Å². The van der Waals surface area contributed by atoms with Crippen LogP contribution in [0.2, 0.25) is 10.0 Å². The van der Waals surface area contributed by atoms with E-state index in [1.54, 1.807) is 5.38 Å². The zero-order valence-electron chi connectivity index (χ0n) is 7.30.